The van der Waals surface area contributed by atoms with Crippen molar-refractivity contribution in [3.8, 4) is 11.5 Å². The van der Waals surface area contributed by atoms with Gasteiger partial charge in [0.15, 0.2) is 11.5 Å². The fourth-order valence-corrected chi connectivity index (χ4v) is 4.34. The SMILES string of the molecule is CCOc1cc([C@H](C2CCCCC2)N2CCNCC2)ccc1OC. The van der Waals surface area contributed by atoms with Crippen LogP contribution in [0.5, 0.6) is 11.5 Å². The molecule has 1 heterocycles. The predicted molar refractivity (Wildman–Crippen MR) is 97.9 cm³/mol. The van der Waals surface area contributed by atoms with Crippen molar-refractivity contribution in [1.29, 1.82) is 0 Å². The number of ether oxygens (including phenoxy) is 2. The van der Waals surface area contributed by atoms with E-state index in [1.165, 1.54) is 37.7 Å². The third-order valence-corrected chi connectivity index (χ3v) is 5.47. The van der Waals surface area contributed by atoms with Crippen molar-refractivity contribution < 1.29 is 9.47 Å². The molecule has 2 aliphatic rings. The van der Waals surface area contributed by atoms with Gasteiger partial charge in [0.05, 0.1) is 13.7 Å². The van der Waals surface area contributed by atoms with Crippen LogP contribution in [0.2, 0.25) is 0 Å². The molecule has 2 fully saturated rings. The number of piperazine rings is 1. The van der Waals surface area contributed by atoms with Crippen molar-refractivity contribution >= 4 is 0 Å². The number of methoxy groups -OCH3 is 1. The Hall–Kier alpha value is -1.26. The summed E-state index contributed by atoms with van der Waals surface area (Å²) in [6.45, 7) is 7.16. The van der Waals surface area contributed by atoms with Crippen LogP contribution in [0, 0.1) is 5.92 Å². The Morgan fingerprint density at radius 3 is 2.54 bits per heavy atom. The number of hydrogen-bond acceptors (Lipinski definition) is 4. The van der Waals surface area contributed by atoms with Crippen LogP contribution >= 0.6 is 0 Å². The molecule has 1 saturated carbocycles. The molecule has 1 aromatic carbocycles. The van der Waals surface area contributed by atoms with Crippen molar-refractivity contribution in [2.45, 2.75) is 45.1 Å². The van der Waals surface area contributed by atoms with Gasteiger partial charge in [0.25, 0.3) is 0 Å². The van der Waals surface area contributed by atoms with E-state index in [2.05, 4.69) is 28.4 Å². The van der Waals surface area contributed by atoms with E-state index in [1.807, 2.05) is 6.92 Å². The van der Waals surface area contributed by atoms with Gasteiger partial charge in [0.1, 0.15) is 0 Å². The maximum atomic E-state index is 5.84. The fourth-order valence-electron chi connectivity index (χ4n) is 4.34. The van der Waals surface area contributed by atoms with Crippen molar-refractivity contribution in [3.05, 3.63) is 23.8 Å². The Morgan fingerprint density at radius 1 is 1.12 bits per heavy atom. The Balaban J connectivity index is 1.89. The van der Waals surface area contributed by atoms with Gasteiger partial charge in [0.2, 0.25) is 0 Å². The van der Waals surface area contributed by atoms with Crippen molar-refractivity contribution in [1.82, 2.24) is 10.2 Å². The summed E-state index contributed by atoms with van der Waals surface area (Å²) in [7, 11) is 1.71. The second-order valence-corrected chi connectivity index (χ2v) is 6.97. The first kappa shape index (κ1) is 17.6. The third kappa shape index (κ3) is 4.04. The zero-order chi connectivity index (χ0) is 16.8. The van der Waals surface area contributed by atoms with Gasteiger partial charge in [-0.05, 0) is 43.4 Å². The first-order valence-corrected chi connectivity index (χ1v) is 9.59. The Morgan fingerprint density at radius 2 is 1.88 bits per heavy atom. The van der Waals surface area contributed by atoms with Crippen LogP contribution in [0.15, 0.2) is 18.2 Å². The summed E-state index contributed by atoms with van der Waals surface area (Å²) in [5.74, 6) is 2.48. The number of rotatable bonds is 6. The average molecular weight is 332 g/mol. The van der Waals surface area contributed by atoms with Crippen LogP contribution in [0.25, 0.3) is 0 Å². The summed E-state index contributed by atoms with van der Waals surface area (Å²) >= 11 is 0. The molecule has 1 aliphatic heterocycles. The zero-order valence-electron chi connectivity index (χ0n) is 15.2. The van der Waals surface area contributed by atoms with E-state index in [4.69, 9.17) is 9.47 Å². The lowest BCUT2D eigenvalue weighted by molar-refractivity contribution is 0.103. The summed E-state index contributed by atoms with van der Waals surface area (Å²) in [5, 5.41) is 3.49. The highest BCUT2D eigenvalue weighted by atomic mass is 16.5. The van der Waals surface area contributed by atoms with E-state index in [0.717, 1.165) is 43.6 Å². The van der Waals surface area contributed by atoms with Crippen LogP contribution in [-0.4, -0.2) is 44.8 Å². The van der Waals surface area contributed by atoms with Gasteiger partial charge in [-0.1, -0.05) is 25.3 Å². The minimum atomic E-state index is 0.512. The van der Waals surface area contributed by atoms with Gasteiger partial charge < -0.3 is 14.8 Å². The lowest BCUT2D eigenvalue weighted by Crippen LogP contribution is -2.47. The molecule has 1 aromatic rings. The Labute approximate surface area is 146 Å². The molecule has 0 unspecified atom stereocenters. The second kappa shape index (κ2) is 8.72. The first-order chi connectivity index (χ1) is 11.8. The molecule has 4 nitrogen and oxygen atoms in total. The van der Waals surface area contributed by atoms with E-state index >= 15 is 0 Å². The molecule has 0 radical (unpaired) electrons. The second-order valence-electron chi connectivity index (χ2n) is 6.97. The number of hydrogen-bond donors (Lipinski definition) is 1. The van der Waals surface area contributed by atoms with E-state index in [9.17, 15) is 0 Å². The minimum Gasteiger partial charge on any atom is -0.493 e. The summed E-state index contributed by atoms with van der Waals surface area (Å²) < 4.78 is 11.3. The van der Waals surface area contributed by atoms with Gasteiger partial charge in [-0.25, -0.2) is 0 Å². The largest absolute Gasteiger partial charge is 0.493 e. The normalized spacial score (nSPS) is 21.4. The third-order valence-electron chi connectivity index (χ3n) is 5.47. The quantitative estimate of drug-likeness (QED) is 0.863. The highest BCUT2D eigenvalue weighted by Gasteiger charge is 2.31. The van der Waals surface area contributed by atoms with Crippen molar-refractivity contribution in [2.75, 3.05) is 39.9 Å². The maximum Gasteiger partial charge on any atom is 0.161 e. The van der Waals surface area contributed by atoms with E-state index in [1.54, 1.807) is 7.11 Å². The molecule has 134 valence electrons. The zero-order valence-corrected chi connectivity index (χ0v) is 15.2. The Kier molecular flexibility index (Phi) is 6.38. The monoisotopic (exact) mass is 332 g/mol. The van der Waals surface area contributed by atoms with Crippen molar-refractivity contribution in [3.63, 3.8) is 0 Å². The van der Waals surface area contributed by atoms with Crippen LogP contribution in [0.4, 0.5) is 0 Å². The molecule has 1 aliphatic carbocycles. The topological polar surface area (TPSA) is 33.7 Å². The van der Waals surface area contributed by atoms with Gasteiger partial charge >= 0.3 is 0 Å². The fraction of sp³-hybridized carbons (Fsp3) is 0.700. The molecule has 0 amide bonds. The molecular formula is C20H32N2O2. The summed E-state index contributed by atoms with van der Waals surface area (Å²) in [6, 6.07) is 7.07. The molecule has 24 heavy (non-hydrogen) atoms. The van der Waals surface area contributed by atoms with Gasteiger partial charge in [-0.2, -0.15) is 0 Å². The smallest absolute Gasteiger partial charge is 0.161 e. The first-order valence-electron chi connectivity index (χ1n) is 9.59. The van der Waals surface area contributed by atoms with Gasteiger partial charge in [-0.3, -0.25) is 4.90 Å². The van der Waals surface area contributed by atoms with Gasteiger partial charge in [0, 0.05) is 32.2 Å². The summed E-state index contributed by atoms with van der Waals surface area (Å²) in [5.41, 5.74) is 1.40. The molecular weight excluding hydrogens is 300 g/mol. The molecule has 1 N–H and O–H groups in total. The van der Waals surface area contributed by atoms with Crippen LogP contribution in [0.3, 0.4) is 0 Å². The van der Waals surface area contributed by atoms with Crippen LogP contribution in [-0.2, 0) is 0 Å². The molecule has 0 spiro atoms. The summed E-state index contributed by atoms with van der Waals surface area (Å²) in [6.07, 6.45) is 6.86. The number of nitrogens with one attached hydrogen (secondary N) is 1. The van der Waals surface area contributed by atoms with Crippen LogP contribution < -0.4 is 14.8 Å². The Bertz CT molecular complexity index is 490. The van der Waals surface area contributed by atoms with Gasteiger partial charge in [-0.15, -0.1) is 0 Å². The van der Waals surface area contributed by atoms with E-state index in [0.29, 0.717) is 12.6 Å². The van der Waals surface area contributed by atoms with Crippen LogP contribution in [0.1, 0.15) is 50.6 Å². The molecule has 1 saturated heterocycles. The molecule has 3 rings (SSSR count). The minimum absolute atomic E-state index is 0.512. The van der Waals surface area contributed by atoms with E-state index < -0.39 is 0 Å². The van der Waals surface area contributed by atoms with E-state index in [-0.39, 0.29) is 0 Å². The lowest BCUT2D eigenvalue weighted by Gasteiger charge is -2.41. The lowest BCUT2D eigenvalue weighted by atomic mass is 9.80. The molecule has 1 atom stereocenters. The maximum absolute atomic E-state index is 5.84. The average Bonchev–Trinajstić information content (AvgIpc) is 2.64. The molecule has 0 aromatic heterocycles. The molecule has 0 bridgehead atoms. The number of nitrogens with zero attached hydrogens (tertiary/aromatic N) is 1. The summed E-state index contributed by atoms with van der Waals surface area (Å²) in [4.78, 5) is 2.68. The highest BCUT2D eigenvalue weighted by molar-refractivity contribution is 5.44. The van der Waals surface area contributed by atoms with Crippen molar-refractivity contribution in [2.24, 2.45) is 5.92 Å². The highest BCUT2D eigenvalue weighted by Crippen LogP contribution is 2.41. The predicted octanol–water partition coefficient (Wildman–Crippen LogP) is 3.62. The number of benzene rings is 1. The molecule has 4 heteroatoms. The standard InChI is InChI=1S/C20H32N2O2/c1-3-24-19-15-17(9-10-18(19)23-2)20(16-7-5-4-6-8-16)22-13-11-21-12-14-22/h9-10,15-16,20-21H,3-8,11-14H2,1-2H3/t20-/m0/s1.